The van der Waals surface area contributed by atoms with Gasteiger partial charge in [-0.25, -0.2) is 0 Å². The molecule has 7 aromatic rings. The van der Waals surface area contributed by atoms with Gasteiger partial charge in [0.1, 0.15) is 0 Å². The van der Waals surface area contributed by atoms with E-state index >= 15 is 0 Å². The van der Waals surface area contributed by atoms with Gasteiger partial charge < -0.3 is 9.80 Å². The summed E-state index contributed by atoms with van der Waals surface area (Å²) >= 11 is 0. The maximum atomic E-state index is 3.54. The van der Waals surface area contributed by atoms with Crippen LogP contribution in [0, 0.1) is 0 Å². The Bertz CT molecular complexity index is 3340. The van der Waals surface area contributed by atoms with Gasteiger partial charge in [0.25, 0.3) is 0 Å². The number of allylic oxidation sites excluding steroid dienone is 8. The molecule has 0 aromatic heterocycles. The molecule has 0 saturated heterocycles. The fourth-order valence-electron chi connectivity index (χ4n) is 11.6. The van der Waals surface area contributed by atoms with Crippen molar-refractivity contribution in [3.05, 3.63) is 263 Å². The molecule has 5 aliphatic rings. The molecule has 12 rings (SSSR count). The van der Waals surface area contributed by atoms with Crippen molar-refractivity contribution in [3.63, 3.8) is 0 Å². The summed E-state index contributed by atoms with van der Waals surface area (Å²) in [6.45, 7) is 9.48. The lowest BCUT2D eigenvalue weighted by atomic mass is 9.79. The number of fused-ring (bicyclic) bond motifs is 5. The van der Waals surface area contributed by atoms with E-state index in [0.29, 0.717) is 0 Å². The lowest BCUT2D eigenvalue weighted by Crippen LogP contribution is -2.33. The minimum atomic E-state index is -0.0634. The maximum absolute atomic E-state index is 3.54. The first-order chi connectivity index (χ1) is 32.7. The predicted octanol–water partition coefficient (Wildman–Crippen LogP) is 16.7. The second kappa shape index (κ2) is 16.1. The molecule has 0 N–H and O–H groups in total. The summed E-state index contributed by atoms with van der Waals surface area (Å²) in [6.07, 6.45) is 18.8. The third-order valence-electron chi connectivity index (χ3n) is 15.1. The minimum Gasteiger partial charge on any atom is -0.328 e. The second-order valence-electron chi connectivity index (χ2n) is 19.7. The first-order valence-electron chi connectivity index (χ1n) is 24.0. The Morgan fingerprint density at radius 3 is 1.88 bits per heavy atom. The van der Waals surface area contributed by atoms with Crippen molar-refractivity contribution in [2.45, 2.75) is 63.8 Å². The quantitative estimate of drug-likeness (QED) is 0.133. The van der Waals surface area contributed by atoms with Gasteiger partial charge in [-0.15, -0.1) is 0 Å². The van der Waals surface area contributed by atoms with Gasteiger partial charge >= 0.3 is 0 Å². The molecule has 0 radical (unpaired) electrons. The first-order valence-corrected chi connectivity index (χ1v) is 24.0. The zero-order chi connectivity index (χ0) is 45.3. The minimum absolute atomic E-state index is 0.0302. The van der Waals surface area contributed by atoms with E-state index in [2.05, 4.69) is 250 Å². The van der Waals surface area contributed by atoms with Crippen molar-refractivity contribution in [3.8, 4) is 33.4 Å². The van der Waals surface area contributed by atoms with Gasteiger partial charge in [0, 0.05) is 33.6 Å². The van der Waals surface area contributed by atoms with E-state index in [1.165, 1.54) is 101 Å². The zero-order valence-electron chi connectivity index (χ0n) is 38.8. The van der Waals surface area contributed by atoms with Gasteiger partial charge in [0.15, 0.2) is 0 Å². The number of para-hydroxylation sites is 1. The van der Waals surface area contributed by atoms with E-state index in [0.717, 1.165) is 25.0 Å². The molecule has 0 spiro atoms. The molecule has 0 heterocycles. The Hall–Kier alpha value is -7.64. The van der Waals surface area contributed by atoms with Crippen molar-refractivity contribution in [1.29, 1.82) is 0 Å². The number of rotatable bonds is 9. The third kappa shape index (κ3) is 6.95. The van der Waals surface area contributed by atoms with Crippen LogP contribution < -0.4 is 9.80 Å². The molecular weight excluding hydrogens is 809 g/mol. The predicted molar refractivity (Wildman–Crippen MR) is 282 cm³/mol. The summed E-state index contributed by atoms with van der Waals surface area (Å²) in [5, 5.41) is 0. The molecule has 0 saturated carbocycles. The third-order valence-corrected chi connectivity index (χ3v) is 15.1. The molecule has 67 heavy (non-hydrogen) atoms. The number of nitrogens with zero attached hydrogens (tertiary/aromatic N) is 2. The molecule has 2 heteroatoms. The van der Waals surface area contributed by atoms with Gasteiger partial charge in [0.2, 0.25) is 0 Å². The molecule has 1 unspecified atom stereocenters. The van der Waals surface area contributed by atoms with Crippen LogP contribution in [-0.2, 0) is 10.8 Å². The van der Waals surface area contributed by atoms with Crippen LogP contribution in [-0.4, -0.2) is 6.04 Å². The molecule has 324 valence electrons. The van der Waals surface area contributed by atoms with Crippen LogP contribution >= 0.6 is 0 Å². The van der Waals surface area contributed by atoms with E-state index < -0.39 is 0 Å². The molecule has 5 aliphatic carbocycles. The van der Waals surface area contributed by atoms with Gasteiger partial charge in [0.05, 0.1) is 11.7 Å². The highest BCUT2D eigenvalue weighted by Gasteiger charge is 2.39. The number of anilines is 3. The lowest BCUT2D eigenvalue weighted by molar-refractivity contribution is 0.648. The Labute approximate surface area is 396 Å². The highest BCUT2D eigenvalue weighted by molar-refractivity contribution is 5.87. The largest absolute Gasteiger partial charge is 0.328 e. The average molecular weight is 863 g/mol. The molecule has 2 nitrogen and oxygen atoms in total. The molecule has 0 fully saturated rings. The van der Waals surface area contributed by atoms with E-state index in [9.17, 15) is 0 Å². The average Bonchev–Trinajstić information content (AvgIpc) is 4.05. The normalized spacial score (nSPS) is 17.9. The fourth-order valence-corrected chi connectivity index (χ4v) is 11.6. The van der Waals surface area contributed by atoms with E-state index in [4.69, 9.17) is 0 Å². The molecular formula is C65H54N2. The molecule has 0 amide bonds. The van der Waals surface area contributed by atoms with Crippen LogP contribution in [0.2, 0.25) is 0 Å². The Balaban J connectivity index is 0.801. The summed E-state index contributed by atoms with van der Waals surface area (Å²) in [5.74, 6) is 0. The van der Waals surface area contributed by atoms with Gasteiger partial charge in [-0.3, -0.25) is 0 Å². The van der Waals surface area contributed by atoms with Crippen LogP contribution in [0.5, 0.6) is 0 Å². The zero-order valence-corrected chi connectivity index (χ0v) is 38.8. The Morgan fingerprint density at radius 2 is 1.15 bits per heavy atom. The van der Waals surface area contributed by atoms with Crippen LogP contribution in [0.3, 0.4) is 0 Å². The SMILES string of the molecule is CC1(C)C2=C(CCC(N(c3ccccc3)c3cccc(-c4ccc(-c5ccc(C6=CC(N(C7=C=CC=C7)c7ccc8c(c7)C(C)(C)c7ccccc7-8)CC=C6)cc5)cc4)c3)=C2)c2ccccc21. The van der Waals surface area contributed by atoms with E-state index in [-0.39, 0.29) is 16.9 Å². The smallest absolute Gasteiger partial charge is 0.0850 e. The van der Waals surface area contributed by atoms with Gasteiger partial charge in [-0.1, -0.05) is 191 Å². The van der Waals surface area contributed by atoms with Gasteiger partial charge in [-0.05, 0) is 152 Å². The monoisotopic (exact) mass is 862 g/mol. The van der Waals surface area contributed by atoms with E-state index in [1.807, 2.05) is 6.08 Å². The van der Waals surface area contributed by atoms with Crippen molar-refractivity contribution in [2.75, 3.05) is 9.80 Å². The highest BCUT2D eigenvalue weighted by atomic mass is 15.2. The lowest BCUT2D eigenvalue weighted by Gasteiger charge is -2.34. The number of hydrogen-bond acceptors (Lipinski definition) is 2. The van der Waals surface area contributed by atoms with Crippen LogP contribution in [0.4, 0.5) is 17.1 Å². The standard InChI is InChI=1S/C65H54N2/c1-64(2)60-26-12-10-24-56(60)58-38-36-54(42-62(58)64)66(50-18-6-5-7-19-50)52-22-14-16-48(40-52)46-32-28-44(29-33-46)45-30-34-47(35-31-45)49-17-15-23-53(41-49)67(51-20-8-9-21-51)55-37-39-59-57-25-11-13-27-61(57)65(3,4)63(59)43-55/h5-20,22,24-35,37,39-43,53H,23,36,38H2,1-4H3. The molecule has 0 bridgehead atoms. The summed E-state index contributed by atoms with van der Waals surface area (Å²) in [6, 6.07) is 63.2. The summed E-state index contributed by atoms with van der Waals surface area (Å²) in [7, 11) is 0. The topological polar surface area (TPSA) is 6.48 Å². The molecule has 1 atom stereocenters. The van der Waals surface area contributed by atoms with Crippen molar-refractivity contribution >= 4 is 28.2 Å². The number of hydrogen-bond donors (Lipinski definition) is 0. The summed E-state index contributed by atoms with van der Waals surface area (Å²) in [5.41, 5.74) is 28.0. The van der Waals surface area contributed by atoms with Crippen LogP contribution in [0.25, 0.3) is 44.5 Å². The Kier molecular flexibility index (Phi) is 9.79. The van der Waals surface area contributed by atoms with Crippen molar-refractivity contribution in [1.82, 2.24) is 0 Å². The fraction of sp³-hybridized carbons (Fsp3) is 0.154. The first kappa shape index (κ1) is 40.8. The number of benzene rings is 7. The van der Waals surface area contributed by atoms with E-state index in [1.54, 1.807) is 0 Å². The highest BCUT2D eigenvalue weighted by Crippen LogP contribution is 2.53. The Morgan fingerprint density at radius 1 is 0.507 bits per heavy atom. The molecule has 7 aromatic carbocycles. The van der Waals surface area contributed by atoms with Crippen LogP contribution in [0.15, 0.2) is 235 Å². The van der Waals surface area contributed by atoms with Crippen molar-refractivity contribution < 1.29 is 0 Å². The summed E-state index contributed by atoms with van der Waals surface area (Å²) < 4.78 is 0. The molecule has 0 aliphatic heterocycles. The van der Waals surface area contributed by atoms with Crippen molar-refractivity contribution in [2.24, 2.45) is 0 Å². The van der Waals surface area contributed by atoms with Gasteiger partial charge in [-0.2, -0.15) is 0 Å². The van der Waals surface area contributed by atoms with Crippen LogP contribution in [0.1, 0.15) is 74.8 Å². The maximum Gasteiger partial charge on any atom is 0.0850 e. The second-order valence-corrected chi connectivity index (χ2v) is 19.7. The summed E-state index contributed by atoms with van der Waals surface area (Å²) in [4.78, 5) is 4.95.